The van der Waals surface area contributed by atoms with Gasteiger partial charge in [0, 0.05) is 11.0 Å². The number of nitrogens with two attached hydrogens (primary N) is 1. The van der Waals surface area contributed by atoms with E-state index >= 15 is 0 Å². The molecule has 0 aliphatic rings. The molecule has 0 saturated heterocycles. The number of carbonyl (C=O) groups excluding carboxylic acids is 3. The number of primary amides is 1. The summed E-state index contributed by atoms with van der Waals surface area (Å²) in [4.78, 5) is 33.5. The summed E-state index contributed by atoms with van der Waals surface area (Å²) in [5.74, 6) is -1.86. The van der Waals surface area contributed by atoms with E-state index in [9.17, 15) is 14.4 Å². The Morgan fingerprint density at radius 2 is 2.22 bits per heavy atom. The Kier molecular flexibility index (Phi) is 5.59. The fourth-order valence-corrected chi connectivity index (χ4v) is 1.58. The van der Waals surface area contributed by atoms with Gasteiger partial charge in [-0.3, -0.25) is 9.59 Å². The van der Waals surface area contributed by atoms with Crippen LogP contribution in [0.1, 0.15) is 4.88 Å². The fourth-order valence-electron chi connectivity index (χ4n) is 0.958. The number of carbonyl (C=O) groups is 3. The molecule has 7 heteroatoms. The molecule has 6 nitrogen and oxygen atoms in total. The van der Waals surface area contributed by atoms with Gasteiger partial charge in [-0.15, -0.1) is 11.3 Å². The van der Waals surface area contributed by atoms with Gasteiger partial charge in [0.2, 0.25) is 5.91 Å². The van der Waals surface area contributed by atoms with Gasteiger partial charge < -0.3 is 15.8 Å². The molecule has 0 bridgehead atoms. The third-order valence-electron chi connectivity index (χ3n) is 1.73. The topological polar surface area (TPSA) is 98.5 Å². The highest BCUT2D eigenvalue weighted by Crippen LogP contribution is 2.09. The van der Waals surface area contributed by atoms with E-state index in [2.05, 4.69) is 10.1 Å². The monoisotopic (exact) mass is 268 g/mol. The summed E-state index contributed by atoms with van der Waals surface area (Å²) >= 11 is 1.48. The van der Waals surface area contributed by atoms with Crippen LogP contribution < -0.4 is 11.1 Å². The molecule has 0 spiro atoms. The third kappa shape index (κ3) is 5.80. The van der Waals surface area contributed by atoms with E-state index in [0.717, 1.165) is 4.88 Å². The lowest BCUT2D eigenvalue weighted by Crippen LogP contribution is -2.35. The number of rotatable bonds is 6. The van der Waals surface area contributed by atoms with Crippen LogP contribution in [0.4, 0.5) is 0 Å². The molecule has 0 aliphatic carbocycles. The summed E-state index contributed by atoms with van der Waals surface area (Å²) in [5, 5.41) is 4.07. The number of esters is 1. The molecule has 0 fully saturated rings. The highest BCUT2D eigenvalue weighted by molar-refractivity contribution is 7.10. The first kappa shape index (κ1) is 13.9. The predicted octanol–water partition coefficient (Wildman–Crippen LogP) is -0.0940. The molecule has 1 heterocycles. The molecule has 0 aromatic carbocycles. The lowest BCUT2D eigenvalue weighted by Gasteiger charge is -2.02. The second kappa shape index (κ2) is 7.23. The SMILES string of the molecule is NC(=O)CNC(=O)COC(=O)/C=C/c1cccs1. The first-order valence-corrected chi connectivity index (χ1v) is 5.89. The van der Waals surface area contributed by atoms with E-state index in [4.69, 9.17) is 5.73 Å². The maximum Gasteiger partial charge on any atom is 0.331 e. The first-order valence-electron chi connectivity index (χ1n) is 5.01. The van der Waals surface area contributed by atoms with Gasteiger partial charge >= 0.3 is 5.97 Å². The lowest BCUT2D eigenvalue weighted by atomic mass is 10.4. The largest absolute Gasteiger partial charge is 0.452 e. The maximum absolute atomic E-state index is 11.2. The Bertz CT molecular complexity index is 454. The number of thiophene rings is 1. The number of amides is 2. The molecular weight excluding hydrogens is 256 g/mol. The number of ether oxygens (including phenoxy) is 1. The summed E-state index contributed by atoms with van der Waals surface area (Å²) in [6, 6.07) is 3.70. The summed E-state index contributed by atoms with van der Waals surface area (Å²) in [6.45, 7) is -0.720. The van der Waals surface area contributed by atoms with E-state index < -0.39 is 24.4 Å². The van der Waals surface area contributed by atoms with Crippen molar-refractivity contribution in [1.82, 2.24) is 5.32 Å². The minimum atomic E-state index is -0.660. The van der Waals surface area contributed by atoms with Crippen LogP contribution in [0.2, 0.25) is 0 Å². The smallest absolute Gasteiger partial charge is 0.331 e. The number of hydrogen-bond acceptors (Lipinski definition) is 5. The van der Waals surface area contributed by atoms with E-state index in [1.165, 1.54) is 17.4 Å². The predicted molar refractivity (Wildman–Crippen MR) is 66.5 cm³/mol. The van der Waals surface area contributed by atoms with Gasteiger partial charge in [0.25, 0.3) is 5.91 Å². The highest BCUT2D eigenvalue weighted by atomic mass is 32.1. The Hall–Kier alpha value is -2.15. The lowest BCUT2D eigenvalue weighted by molar-refractivity contribution is -0.143. The molecule has 1 aromatic heterocycles. The van der Waals surface area contributed by atoms with Crippen molar-refractivity contribution in [2.45, 2.75) is 0 Å². The number of hydrogen-bond donors (Lipinski definition) is 2. The Morgan fingerprint density at radius 1 is 1.44 bits per heavy atom. The van der Waals surface area contributed by atoms with Crippen molar-refractivity contribution in [3.05, 3.63) is 28.5 Å². The summed E-state index contributed by atoms with van der Waals surface area (Å²) in [6.07, 6.45) is 2.82. The van der Waals surface area contributed by atoms with E-state index in [-0.39, 0.29) is 6.54 Å². The molecule has 1 aromatic rings. The quantitative estimate of drug-likeness (QED) is 0.556. The molecule has 0 unspecified atom stereocenters. The second-order valence-corrected chi connectivity index (χ2v) is 4.18. The van der Waals surface area contributed by atoms with Gasteiger partial charge in [-0.2, -0.15) is 0 Å². The fraction of sp³-hybridized carbons (Fsp3) is 0.182. The normalized spacial score (nSPS) is 10.2. The molecule has 0 atom stereocenters. The van der Waals surface area contributed by atoms with Crippen LogP contribution in [-0.4, -0.2) is 30.9 Å². The van der Waals surface area contributed by atoms with Crippen LogP contribution in [0.25, 0.3) is 6.08 Å². The van der Waals surface area contributed by atoms with E-state index in [1.807, 2.05) is 17.5 Å². The van der Waals surface area contributed by atoms with Crippen LogP contribution >= 0.6 is 11.3 Å². The zero-order valence-corrected chi connectivity index (χ0v) is 10.2. The van der Waals surface area contributed by atoms with Crippen LogP contribution in [0.15, 0.2) is 23.6 Å². The standard InChI is InChI=1S/C11H12N2O4S/c12-9(14)6-13-10(15)7-17-11(16)4-3-8-2-1-5-18-8/h1-5H,6-7H2,(H2,12,14)(H,13,15)/b4-3+. The van der Waals surface area contributed by atoms with Gasteiger partial charge in [0.15, 0.2) is 6.61 Å². The van der Waals surface area contributed by atoms with Crippen molar-refractivity contribution in [2.24, 2.45) is 5.73 Å². The molecule has 0 radical (unpaired) electrons. The van der Waals surface area contributed by atoms with Crippen LogP contribution in [0.3, 0.4) is 0 Å². The van der Waals surface area contributed by atoms with Gasteiger partial charge in [0.05, 0.1) is 6.54 Å². The molecule has 1 rings (SSSR count). The van der Waals surface area contributed by atoms with E-state index in [1.54, 1.807) is 6.08 Å². The molecule has 0 aliphatic heterocycles. The summed E-state index contributed by atoms with van der Waals surface area (Å²) in [7, 11) is 0. The van der Waals surface area contributed by atoms with E-state index in [0.29, 0.717) is 0 Å². The number of nitrogens with one attached hydrogen (secondary N) is 1. The Balaban J connectivity index is 2.24. The minimum Gasteiger partial charge on any atom is -0.452 e. The zero-order chi connectivity index (χ0) is 13.4. The first-order chi connectivity index (χ1) is 8.58. The van der Waals surface area contributed by atoms with Crippen LogP contribution in [0.5, 0.6) is 0 Å². The van der Waals surface area contributed by atoms with Crippen molar-refractivity contribution in [3.8, 4) is 0 Å². The Labute approximate surface area is 107 Å². The van der Waals surface area contributed by atoms with Gasteiger partial charge in [-0.25, -0.2) is 4.79 Å². The minimum absolute atomic E-state index is 0.276. The van der Waals surface area contributed by atoms with Crippen molar-refractivity contribution in [1.29, 1.82) is 0 Å². The molecule has 18 heavy (non-hydrogen) atoms. The zero-order valence-electron chi connectivity index (χ0n) is 9.42. The van der Waals surface area contributed by atoms with Gasteiger partial charge in [-0.1, -0.05) is 6.07 Å². The molecule has 2 amide bonds. The van der Waals surface area contributed by atoms with Crippen LogP contribution in [0, 0.1) is 0 Å². The molecular formula is C11H12N2O4S. The maximum atomic E-state index is 11.2. The molecule has 3 N–H and O–H groups in total. The third-order valence-corrected chi connectivity index (χ3v) is 2.57. The van der Waals surface area contributed by atoms with Gasteiger partial charge in [-0.05, 0) is 17.5 Å². The van der Waals surface area contributed by atoms with Crippen molar-refractivity contribution in [2.75, 3.05) is 13.2 Å². The van der Waals surface area contributed by atoms with Crippen LogP contribution in [-0.2, 0) is 19.1 Å². The molecule has 96 valence electrons. The van der Waals surface area contributed by atoms with Crippen molar-refractivity contribution >= 4 is 35.2 Å². The van der Waals surface area contributed by atoms with Gasteiger partial charge in [0.1, 0.15) is 0 Å². The van der Waals surface area contributed by atoms with Crippen molar-refractivity contribution in [3.63, 3.8) is 0 Å². The second-order valence-electron chi connectivity index (χ2n) is 3.20. The average Bonchev–Trinajstić information content (AvgIpc) is 2.84. The Morgan fingerprint density at radius 3 is 2.83 bits per heavy atom. The summed E-state index contributed by atoms with van der Waals surface area (Å²) in [5.41, 5.74) is 4.83. The summed E-state index contributed by atoms with van der Waals surface area (Å²) < 4.78 is 4.65. The highest BCUT2D eigenvalue weighted by Gasteiger charge is 2.05. The molecule has 0 saturated carbocycles. The average molecular weight is 268 g/mol. The van der Waals surface area contributed by atoms with Crippen molar-refractivity contribution < 1.29 is 19.1 Å².